The molecule has 0 N–H and O–H groups in total. The van der Waals surface area contributed by atoms with Crippen molar-refractivity contribution < 1.29 is 8.78 Å². The molecule has 0 saturated carbocycles. The molecule has 2 heterocycles. The van der Waals surface area contributed by atoms with Crippen LogP contribution in [-0.2, 0) is 11.3 Å². The molecular weight excluding hydrogens is 546 g/mol. The van der Waals surface area contributed by atoms with Crippen molar-refractivity contribution in [2.45, 2.75) is 86.1 Å². The van der Waals surface area contributed by atoms with Gasteiger partial charge in [0.25, 0.3) is 5.92 Å². The van der Waals surface area contributed by atoms with Crippen LogP contribution in [0.25, 0.3) is 5.57 Å². The molecule has 0 radical (unpaired) electrons. The van der Waals surface area contributed by atoms with Crippen molar-refractivity contribution >= 4 is 11.3 Å². The average molecular weight is 591 g/mol. The van der Waals surface area contributed by atoms with Gasteiger partial charge in [0.2, 0.25) is 0 Å². The molecule has 2 aliphatic rings. The number of alkyl halides is 2. The molecule has 0 spiro atoms. The number of rotatable bonds is 2. The predicted octanol–water partition coefficient (Wildman–Crippen LogP) is 10.5. The number of allylic oxidation sites excluding steroid dienone is 1. The van der Waals surface area contributed by atoms with E-state index in [0.717, 1.165) is 16.8 Å². The number of aryl methyl sites for hydroxylation is 4. The molecule has 1 aromatic heterocycles. The average Bonchev–Trinajstić information content (AvgIpc) is 2.97. The maximum atomic E-state index is 14.7. The minimum Gasteiger partial charge on any atom is -0.271 e. The summed E-state index contributed by atoms with van der Waals surface area (Å²) in [4.78, 5) is 8.72. The summed E-state index contributed by atoms with van der Waals surface area (Å²) in [6.07, 6.45) is 4.18. The molecule has 0 fully saturated rings. The normalized spacial score (nSPS) is 18.5. The van der Waals surface area contributed by atoms with Crippen molar-refractivity contribution in [1.82, 2.24) is 4.98 Å². The van der Waals surface area contributed by atoms with E-state index in [1.54, 1.807) is 24.4 Å². The number of pyridine rings is 1. The third-order valence-corrected chi connectivity index (χ3v) is 10.1. The van der Waals surface area contributed by atoms with Gasteiger partial charge in [-0.3, -0.25) is 9.98 Å². The largest absolute Gasteiger partial charge is 0.297 e. The number of benzene rings is 3. The van der Waals surface area contributed by atoms with Crippen molar-refractivity contribution in [2.24, 2.45) is 10.4 Å². The van der Waals surface area contributed by atoms with Crippen LogP contribution in [0.15, 0.2) is 90.1 Å². The lowest BCUT2D eigenvalue weighted by Gasteiger charge is -2.45. The fraction of sp³-hybridized carbons (Fsp3) is 0.350. The van der Waals surface area contributed by atoms with Gasteiger partial charge in [0.15, 0.2) is 0 Å². The number of halogens is 2. The molecular formula is C40H44F2N2. The van der Waals surface area contributed by atoms with E-state index in [4.69, 9.17) is 0 Å². The Morgan fingerprint density at radius 1 is 0.614 bits per heavy atom. The number of aliphatic imine (C=N–C) groups is 1. The van der Waals surface area contributed by atoms with E-state index in [2.05, 4.69) is 100 Å². The first-order valence-corrected chi connectivity index (χ1v) is 15.4. The number of hydrogen-bond acceptors (Lipinski definition) is 2. The Morgan fingerprint density at radius 2 is 1.20 bits per heavy atom. The van der Waals surface area contributed by atoms with E-state index >= 15 is 0 Å². The standard InChI is InChI=1S/C22H26.C18H18F2N2/c1-15-11-12-17(13-16(15)2)19-14-21(3,4)22(5,6)20-10-8-7-9-18(19)20;1-11-9-13(10-21-12(11)2)16-14-7-5-6-8-15(14)18(19,20)17(3,4)22-16/h7-14H,1-6H3;5-10H,1-4H3. The van der Waals surface area contributed by atoms with E-state index in [1.165, 1.54) is 53.3 Å². The van der Waals surface area contributed by atoms with E-state index in [0.29, 0.717) is 11.3 Å². The Bertz CT molecular complexity index is 1670. The molecule has 44 heavy (non-hydrogen) atoms. The first kappa shape index (κ1) is 31.5. The minimum atomic E-state index is -3.00. The Morgan fingerprint density at radius 3 is 1.84 bits per heavy atom. The zero-order valence-electron chi connectivity index (χ0n) is 27.7. The topological polar surface area (TPSA) is 25.2 Å². The Kier molecular flexibility index (Phi) is 7.81. The zero-order valence-corrected chi connectivity index (χ0v) is 27.7. The highest BCUT2D eigenvalue weighted by molar-refractivity contribution is 6.14. The van der Waals surface area contributed by atoms with Crippen LogP contribution in [0.4, 0.5) is 8.78 Å². The van der Waals surface area contributed by atoms with Crippen molar-refractivity contribution in [3.05, 3.63) is 141 Å². The molecule has 4 aromatic rings. The lowest BCUT2D eigenvalue weighted by atomic mass is 9.58. The summed E-state index contributed by atoms with van der Waals surface area (Å²) in [5.74, 6) is -3.00. The summed E-state index contributed by atoms with van der Waals surface area (Å²) in [5.41, 5.74) is 10.9. The minimum absolute atomic E-state index is 0.0308. The van der Waals surface area contributed by atoms with Crippen LogP contribution < -0.4 is 0 Å². The van der Waals surface area contributed by atoms with E-state index < -0.39 is 11.5 Å². The van der Waals surface area contributed by atoms with Crippen LogP contribution >= 0.6 is 0 Å². The van der Waals surface area contributed by atoms with Crippen LogP contribution in [0.2, 0.25) is 0 Å². The lowest BCUT2D eigenvalue weighted by molar-refractivity contribution is -0.0681. The number of fused-ring (bicyclic) bond motifs is 2. The van der Waals surface area contributed by atoms with E-state index in [9.17, 15) is 8.78 Å². The number of nitrogens with zero attached hydrogens (tertiary/aromatic N) is 2. The molecule has 2 nitrogen and oxygen atoms in total. The van der Waals surface area contributed by atoms with Gasteiger partial charge in [0, 0.05) is 28.6 Å². The number of hydrogen-bond donors (Lipinski definition) is 0. The van der Waals surface area contributed by atoms with Gasteiger partial charge in [-0.1, -0.05) is 101 Å². The molecule has 0 unspecified atom stereocenters. The van der Waals surface area contributed by atoms with Gasteiger partial charge >= 0.3 is 0 Å². The second kappa shape index (κ2) is 10.9. The predicted molar refractivity (Wildman–Crippen MR) is 180 cm³/mol. The molecule has 4 heteroatoms. The van der Waals surface area contributed by atoms with Gasteiger partial charge in [0.05, 0.1) is 5.71 Å². The molecule has 228 valence electrons. The van der Waals surface area contributed by atoms with Gasteiger partial charge in [-0.05, 0) is 97.4 Å². The Balaban J connectivity index is 0.000000175. The summed E-state index contributed by atoms with van der Waals surface area (Å²) in [6, 6.07) is 24.3. The van der Waals surface area contributed by atoms with Gasteiger partial charge in [-0.25, -0.2) is 0 Å². The highest BCUT2D eigenvalue weighted by Gasteiger charge is 2.52. The van der Waals surface area contributed by atoms with Crippen molar-refractivity contribution in [1.29, 1.82) is 0 Å². The summed E-state index contributed by atoms with van der Waals surface area (Å²) >= 11 is 0. The molecule has 0 atom stereocenters. The summed E-state index contributed by atoms with van der Waals surface area (Å²) in [5, 5.41) is 0. The molecule has 1 aliphatic carbocycles. The lowest BCUT2D eigenvalue weighted by Crippen LogP contribution is -2.44. The highest BCUT2D eigenvalue weighted by atomic mass is 19.3. The van der Waals surface area contributed by atoms with Crippen LogP contribution in [0.3, 0.4) is 0 Å². The fourth-order valence-corrected chi connectivity index (χ4v) is 6.07. The summed E-state index contributed by atoms with van der Waals surface area (Å²) < 4.78 is 29.4. The van der Waals surface area contributed by atoms with Crippen LogP contribution in [0.1, 0.15) is 97.3 Å². The molecule has 6 rings (SSSR count). The second-order valence-electron chi connectivity index (χ2n) is 14.0. The van der Waals surface area contributed by atoms with Crippen molar-refractivity contribution in [3.8, 4) is 0 Å². The van der Waals surface area contributed by atoms with Gasteiger partial charge in [-0.15, -0.1) is 0 Å². The maximum Gasteiger partial charge on any atom is 0.297 e. The van der Waals surface area contributed by atoms with Crippen LogP contribution in [-0.4, -0.2) is 16.2 Å². The first-order valence-electron chi connectivity index (χ1n) is 15.4. The van der Waals surface area contributed by atoms with Gasteiger partial charge < -0.3 is 0 Å². The zero-order chi connectivity index (χ0) is 32.2. The quantitative estimate of drug-likeness (QED) is 0.228. The molecule has 0 saturated heterocycles. The third-order valence-electron chi connectivity index (χ3n) is 10.1. The summed E-state index contributed by atoms with van der Waals surface area (Å²) in [7, 11) is 0. The summed E-state index contributed by atoms with van der Waals surface area (Å²) in [6.45, 7) is 20.6. The van der Waals surface area contributed by atoms with Crippen LogP contribution in [0, 0.1) is 33.1 Å². The maximum absolute atomic E-state index is 14.7. The van der Waals surface area contributed by atoms with Gasteiger partial charge in [0.1, 0.15) is 5.54 Å². The Labute approximate surface area is 262 Å². The molecule has 0 bridgehead atoms. The van der Waals surface area contributed by atoms with E-state index in [-0.39, 0.29) is 16.4 Å². The molecule has 1 aliphatic heterocycles. The van der Waals surface area contributed by atoms with E-state index in [1.807, 2.05) is 19.9 Å². The SMILES string of the molecule is Cc1cc(C2=NC(C)(C)C(F)(F)c3ccccc32)cnc1C.Cc1ccc(C2=CC(C)(C)C(C)(C)c3ccccc32)cc1C. The van der Waals surface area contributed by atoms with Gasteiger partial charge in [-0.2, -0.15) is 8.78 Å². The first-order chi connectivity index (χ1) is 20.5. The molecule has 3 aromatic carbocycles. The fourth-order valence-electron chi connectivity index (χ4n) is 6.07. The highest BCUT2D eigenvalue weighted by Crippen LogP contribution is 2.51. The van der Waals surface area contributed by atoms with Crippen molar-refractivity contribution in [2.75, 3.05) is 0 Å². The Hall–Kier alpha value is -3.92. The second-order valence-corrected chi connectivity index (χ2v) is 14.0. The molecule has 0 amide bonds. The van der Waals surface area contributed by atoms with Crippen molar-refractivity contribution in [3.63, 3.8) is 0 Å². The number of aromatic nitrogens is 1. The smallest absolute Gasteiger partial charge is 0.271 e. The monoisotopic (exact) mass is 590 g/mol. The van der Waals surface area contributed by atoms with Crippen LogP contribution in [0.5, 0.6) is 0 Å². The third kappa shape index (κ3) is 5.23.